The van der Waals surface area contributed by atoms with Crippen LogP contribution in [0.2, 0.25) is 1.41 Å². The molecule has 2 amide bonds. The highest BCUT2D eigenvalue weighted by Crippen LogP contribution is 2.25. The van der Waals surface area contributed by atoms with Gasteiger partial charge in [0.1, 0.15) is 0 Å². The lowest BCUT2D eigenvalue weighted by atomic mass is 9.95. The zero-order valence-electron chi connectivity index (χ0n) is 8.81. The van der Waals surface area contributed by atoms with Gasteiger partial charge in [0.05, 0.1) is 6.04 Å². The number of hydrogen-bond acceptors (Lipinski definition) is 1. The molecule has 3 rings (SSSR count). The maximum Gasteiger partial charge on any atom is 0.318 e. The number of carbonyl (C=O) groups excluding carboxylic acids is 1. The minimum absolute atomic E-state index is 0.158. The molecule has 2 aliphatic rings. The van der Waals surface area contributed by atoms with E-state index in [9.17, 15) is 4.79 Å². The van der Waals surface area contributed by atoms with E-state index >= 15 is 0 Å². The third kappa shape index (κ3) is 1.02. The molecule has 1 aromatic rings. The minimum Gasteiger partial charge on any atom is -0.336 e. The van der Waals surface area contributed by atoms with Crippen LogP contribution in [0, 0.1) is 0 Å². The van der Waals surface area contributed by atoms with Crippen LogP contribution in [0.5, 0.6) is 0 Å². The van der Waals surface area contributed by atoms with E-state index in [0.717, 1.165) is 11.7 Å². The van der Waals surface area contributed by atoms with Crippen molar-refractivity contribution in [2.45, 2.75) is 19.0 Å². The van der Waals surface area contributed by atoms with Gasteiger partial charge in [0.2, 0.25) is 0 Å². The normalized spacial score (nSPS) is 25.9. The lowest BCUT2D eigenvalue weighted by molar-refractivity contribution is 0.195. The molecule has 0 bridgehead atoms. The Kier molecular flexibility index (Phi) is 1.34. The number of benzene rings is 1. The Hall–Kier alpha value is -1.51. The molecular formula is C11H12N2O. The van der Waals surface area contributed by atoms with Crippen LogP contribution < -0.4 is 5.31 Å². The average Bonchev–Trinajstić information content (AvgIpc) is 2.52. The topological polar surface area (TPSA) is 32.3 Å². The van der Waals surface area contributed by atoms with Crippen molar-refractivity contribution < 1.29 is 6.21 Å². The molecule has 0 spiro atoms. The molecule has 1 N–H and O–H groups in total. The highest BCUT2D eigenvalue weighted by atomic mass is 16.2. The van der Waals surface area contributed by atoms with Crippen LogP contribution in [-0.4, -0.2) is 23.5 Å². The number of rotatable bonds is 0. The van der Waals surface area contributed by atoms with Gasteiger partial charge in [-0.05, 0) is 17.5 Å². The van der Waals surface area contributed by atoms with Crippen LogP contribution in [0.3, 0.4) is 0 Å². The van der Waals surface area contributed by atoms with Gasteiger partial charge in [-0.25, -0.2) is 4.79 Å². The highest BCUT2D eigenvalue weighted by molar-refractivity contribution is 5.77. The van der Waals surface area contributed by atoms with Crippen molar-refractivity contribution in [1.29, 1.82) is 0 Å². The van der Waals surface area contributed by atoms with E-state index in [1.807, 2.05) is 12.1 Å². The summed E-state index contributed by atoms with van der Waals surface area (Å²) in [6.07, 6.45) is 0.886. The summed E-state index contributed by atoms with van der Waals surface area (Å²) in [5.74, 6) is 0. The molecule has 1 fully saturated rings. The third-order valence-corrected chi connectivity index (χ3v) is 3.04. The molecule has 72 valence electrons. The van der Waals surface area contributed by atoms with Crippen LogP contribution in [-0.2, 0) is 13.0 Å². The molecule has 0 saturated carbocycles. The van der Waals surface area contributed by atoms with Crippen molar-refractivity contribution in [3.8, 4) is 0 Å². The SMILES string of the molecule is [2H]N1CC2Cc3ccccc3CN2C1=O. The third-order valence-electron chi connectivity index (χ3n) is 3.04. The van der Waals surface area contributed by atoms with Gasteiger partial charge >= 0.3 is 6.03 Å². The van der Waals surface area contributed by atoms with Crippen LogP contribution >= 0.6 is 0 Å². The molecule has 3 nitrogen and oxygen atoms in total. The summed E-state index contributed by atoms with van der Waals surface area (Å²) in [7, 11) is 0. The summed E-state index contributed by atoms with van der Waals surface area (Å²) in [6.45, 7) is 1.20. The lowest BCUT2D eigenvalue weighted by Gasteiger charge is -2.29. The van der Waals surface area contributed by atoms with Crippen molar-refractivity contribution in [2.75, 3.05) is 6.54 Å². The quantitative estimate of drug-likeness (QED) is 0.652. The van der Waals surface area contributed by atoms with E-state index in [-0.39, 0.29) is 12.1 Å². The number of urea groups is 1. The van der Waals surface area contributed by atoms with E-state index in [1.54, 1.807) is 4.90 Å². The maximum absolute atomic E-state index is 11.6. The first-order chi connectivity index (χ1) is 7.25. The Bertz CT molecular complexity index is 421. The van der Waals surface area contributed by atoms with Gasteiger partial charge in [0.25, 0.3) is 0 Å². The molecule has 1 aromatic carbocycles. The summed E-state index contributed by atoms with van der Waals surface area (Å²) < 4.78 is 7.48. The van der Waals surface area contributed by atoms with E-state index in [0.29, 0.717) is 13.1 Å². The van der Waals surface area contributed by atoms with Crippen LogP contribution in [0.25, 0.3) is 0 Å². The summed E-state index contributed by atoms with van der Waals surface area (Å²) in [4.78, 5) is 13.4. The molecule has 14 heavy (non-hydrogen) atoms. The Morgan fingerprint density at radius 1 is 1.43 bits per heavy atom. The average molecular weight is 189 g/mol. The molecule has 1 saturated heterocycles. The second-order valence-corrected chi connectivity index (χ2v) is 3.88. The Morgan fingerprint density at radius 3 is 3.07 bits per heavy atom. The van der Waals surface area contributed by atoms with E-state index in [1.165, 1.54) is 11.1 Å². The zero-order chi connectivity index (χ0) is 10.4. The molecule has 2 heterocycles. The van der Waals surface area contributed by atoms with Gasteiger partial charge in [0, 0.05) is 13.1 Å². The fourth-order valence-electron chi connectivity index (χ4n) is 2.25. The standard InChI is InChI=1S/C11H12N2O/c14-11-12-6-10-5-8-3-1-2-4-9(8)7-13(10)11/h1-4,10H,5-7H2,(H,12,14)/i/hD. The predicted molar refractivity (Wildman–Crippen MR) is 52.9 cm³/mol. The second kappa shape index (κ2) is 2.74. The van der Waals surface area contributed by atoms with Crippen LogP contribution in [0.15, 0.2) is 24.3 Å². The van der Waals surface area contributed by atoms with Gasteiger partial charge in [-0.3, -0.25) is 0 Å². The smallest absolute Gasteiger partial charge is 0.318 e. The first-order valence-electron chi connectivity index (χ1n) is 5.34. The van der Waals surface area contributed by atoms with Crippen LogP contribution in [0.1, 0.15) is 11.1 Å². The van der Waals surface area contributed by atoms with Crippen molar-refractivity contribution >= 4 is 6.03 Å². The molecule has 1 atom stereocenters. The predicted octanol–water partition coefficient (Wildman–Crippen LogP) is 1.14. The molecular weight excluding hydrogens is 176 g/mol. The first-order valence-corrected chi connectivity index (χ1v) is 4.89. The fourth-order valence-corrected chi connectivity index (χ4v) is 2.25. The van der Waals surface area contributed by atoms with Gasteiger partial charge in [-0.2, -0.15) is 0 Å². The maximum atomic E-state index is 11.6. The highest BCUT2D eigenvalue weighted by Gasteiger charge is 2.34. The van der Waals surface area contributed by atoms with Gasteiger partial charge in [0.15, 0.2) is 1.41 Å². The monoisotopic (exact) mass is 189 g/mol. The summed E-state index contributed by atoms with van der Waals surface area (Å²) in [5, 5.41) is 1.07. The van der Waals surface area contributed by atoms with Gasteiger partial charge in [-0.15, -0.1) is 0 Å². The van der Waals surface area contributed by atoms with E-state index < -0.39 is 0 Å². The van der Waals surface area contributed by atoms with Crippen molar-refractivity contribution in [1.82, 2.24) is 10.2 Å². The fraction of sp³-hybridized carbons (Fsp3) is 0.364. The van der Waals surface area contributed by atoms with Crippen molar-refractivity contribution in [3.05, 3.63) is 35.4 Å². The van der Waals surface area contributed by atoms with E-state index in [2.05, 4.69) is 12.1 Å². The van der Waals surface area contributed by atoms with Crippen LogP contribution in [0.4, 0.5) is 4.79 Å². The van der Waals surface area contributed by atoms with Gasteiger partial charge in [-0.1, -0.05) is 24.3 Å². The molecule has 0 aliphatic carbocycles. The number of amides is 2. The number of carbonyl (C=O) groups is 1. The summed E-state index contributed by atoms with van der Waals surface area (Å²) in [6, 6.07) is 8.25. The minimum atomic E-state index is -0.158. The number of fused-ring (bicyclic) bond motifs is 2. The van der Waals surface area contributed by atoms with Crippen molar-refractivity contribution in [2.24, 2.45) is 0 Å². The molecule has 3 heteroatoms. The number of nitrogens with one attached hydrogen (secondary N) is 1. The summed E-state index contributed by atoms with van der Waals surface area (Å²) >= 11 is 0. The second-order valence-electron chi connectivity index (χ2n) is 3.88. The largest absolute Gasteiger partial charge is 0.336 e. The lowest BCUT2D eigenvalue weighted by Crippen LogP contribution is -2.38. The Morgan fingerprint density at radius 2 is 2.21 bits per heavy atom. The number of nitrogens with zero attached hydrogens (tertiary/aromatic N) is 1. The van der Waals surface area contributed by atoms with Crippen molar-refractivity contribution in [3.63, 3.8) is 0 Å². The summed E-state index contributed by atoms with van der Waals surface area (Å²) in [5.41, 5.74) is 2.54. The Balaban J connectivity index is 1.97. The van der Waals surface area contributed by atoms with Gasteiger partial charge < -0.3 is 10.2 Å². The molecule has 0 radical (unpaired) electrons. The Labute approximate surface area is 84.2 Å². The molecule has 1 unspecified atom stereocenters. The zero-order valence-corrected chi connectivity index (χ0v) is 7.81. The first kappa shape index (κ1) is 6.87. The molecule has 2 aliphatic heterocycles. The van der Waals surface area contributed by atoms with E-state index in [4.69, 9.17) is 1.41 Å². The molecule has 0 aromatic heterocycles. The number of hydrogen-bond donors (Lipinski definition) is 1.